The molecule has 5 nitrogen and oxygen atoms in total. The molecule has 0 aliphatic carbocycles. The largest absolute Gasteiger partial charge is 0.478 e. The van der Waals surface area contributed by atoms with Crippen LogP contribution in [0.3, 0.4) is 0 Å². The average molecular weight is 237 g/mol. The number of aromatic nitrogens is 1. The van der Waals surface area contributed by atoms with Crippen LogP contribution in [-0.2, 0) is 0 Å². The van der Waals surface area contributed by atoms with E-state index in [9.17, 15) is 9.59 Å². The lowest BCUT2D eigenvalue weighted by Crippen LogP contribution is -2.07. The second-order valence-corrected chi connectivity index (χ2v) is 4.44. The van der Waals surface area contributed by atoms with Crippen LogP contribution in [0.4, 0.5) is 0 Å². The van der Waals surface area contributed by atoms with Crippen molar-refractivity contribution in [1.29, 1.82) is 0 Å². The van der Waals surface area contributed by atoms with Crippen LogP contribution in [0.15, 0.2) is 12.1 Å². The summed E-state index contributed by atoms with van der Waals surface area (Å²) >= 11 is 1.34. The molecule has 82 valence electrons. The van der Waals surface area contributed by atoms with Gasteiger partial charge in [0.25, 0.3) is 0 Å². The number of nitrogens with zero attached hydrogens (tertiary/aromatic N) is 1. The number of carboxylic acid groups (broad SMARTS) is 2. The van der Waals surface area contributed by atoms with E-state index >= 15 is 0 Å². The predicted molar refractivity (Wildman–Crippen MR) is 58.3 cm³/mol. The molecule has 16 heavy (non-hydrogen) atoms. The Bertz CT molecular complexity index is 551. The zero-order valence-electron chi connectivity index (χ0n) is 8.22. The maximum absolute atomic E-state index is 10.9. The molecule has 1 aromatic heterocycles. The first-order valence-corrected chi connectivity index (χ1v) is 5.18. The topological polar surface area (TPSA) is 87.5 Å². The summed E-state index contributed by atoms with van der Waals surface area (Å²) in [5, 5.41) is 18.6. The lowest BCUT2D eigenvalue weighted by atomic mass is 10.1. The first-order valence-electron chi connectivity index (χ1n) is 4.37. The number of fused-ring (bicyclic) bond motifs is 1. The van der Waals surface area contributed by atoms with Crippen molar-refractivity contribution in [2.45, 2.75) is 6.92 Å². The van der Waals surface area contributed by atoms with E-state index in [4.69, 9.17) is 10.2 Å². The van der Waals surface area contributed by atoms with Crippen LogP contribution in [0.5, 0.6) is 0 Å². The molecule has 0 amide bonds. The van der Waals surface area contributed by atoms with E-state index in [-0.39, 0.29) is 11.1 Å². The van der Waals surface area contributed by atoms with E-state index in [1.54, 1.807) is 6.92 Å². The van der Waals surface area contributed by atoms with Crippen LogP contribution in [0.2, 0.25) is 0 Å². The Labute approximate surface area is 94.0 Å². The van der Waals surface area contributed by atoms with Crippen molar-refractivity contribution in [2.24, 2.45) is 0 Å². The van der Waals surface area contributed by atoms with Gasteiger partial charge in [0.05, 0.1) is 26.4 Å². The number of thiazole rings is 1. The number of carbonyl (C=O) groups is 2. The monoisotopic (exact) mass is 237 g/mol. The summed E-state index contributed by atoms with van der Waals surface area (Å²) in [5.41, 5.74) is 0.0823. The third-order valence-electron chi connectivity index (χ3n) is 2.10. The first-order chi connectivity index (χ1) is 7.49. The molecule has 0 bridgehead atoms. The highest BCUT2D eigenvalue weighted by Gasteiger charge is 2.18. The number of aromatic carboxylic acids is 2. The molecule has 2 aromatic rings. The zero-order chi connectivity index (χ0) is 11.9. The highest BCUT2D eigenvalue weighted by molar-refractivity contribution is 7.18. The second kappa shape index (κ2) is 3.57. The molecule has 6 heteroatoms. The number of benzene rings is 1. The molecule has 0 atom stereocenters. The maximum Gasteiger partial charge on any atom is 0.336 e. The zero-order valence-corrected chi connectivity index (χ0v) is 9.04. The molecule has 1 aromatic carbocycles. The van der Waals surface area contributed by atoms with Gasteiger partial charge in [0, 0.05) is 0 Å². The molecule has 1 heterocycles. The van der Waals surface area contributed by atoms with Gasteiger partial charge in [-0.3, -0.25) is 0 Å². The van der Waals surface area contributed by atoms with Gasteiger partial charge in [0.1, 0.15) is 0 Å². The second-order valence-electron chi connectivity index (χ2n) is 3.21. The molecule has 2 rings (SSSR count). The summed E-state index contributed by atoms with van der Waals surface area (Å²) in [7, 11) is 0. The minimum absolute atomic E-state index is 0.205. The van der Waals surface area contributed by atoms with Gasteiger partial charge in [-0.15, -0.1) is 11.3 Å². The fourth-order valence-corrected chi connectivity index (χ4v) is 2.29. The fourth-order valence-electron chi connectivity index (χ4n) is 1.44. The molecular formula is C10H7NO4S. The highest BCUT2D eigenvalue weighted by Crippen LogP contribution is 2.25. The van der Waals surface area contributed by atoms with Crippen molar-refractivity contribution in [1.82, 2.24) is 4.98 Å². The van der Waals surface area contributed by atoms with Crippen LogP contribution < -0.4 is 0 Å². The van der Waals surface area contributed by atoms with Crippen molar-refractivity contribution < 1.29 is 19.8 Å². The van der Waals surface area contributed by atoms with Crippen molar-refractivity contribution in [2.75, 3.05) is 0 Å². The number of hydrogen-bond donors (Lipinski definition) is 2. The minimum atomic E-state index is -1.26. The molecule has 0 aliphatic heterocycles. The van der Waals surface area contributed by atoms with Gasteiger partial charge in [-0.1, -0.05) is 0 Å². The molecule has 0 aliphatic rings. The Morgan fingerprint density at radius 1 is 1.19 bits per heavy atom. The van der Waals surface area contributed by atoms with Gasteiger partial charge >= 0.3 is 11.9 Å². The van der Waals surface area contributed by atoms with Gasteiger partial charge in [-0.05, 0) is 19.1 Å². The summed E-state index contributed by atoms with van der Waals surface area (Å²) in [5.74, 6) is -2.50. The van der Waals surface area contributed by atoms with Crippen LogP contribution in [0, 0.1) is 6.92 Å². The highest BCUT2D eigenvalue weighted by atomic mass is 32.1. The Morgan fingerprint density at radius 2 is 1.75 bits per heavy atom. The summed E-state index contributed by atoms with van der Waals surface area (Å²) in [6.07, 6.45) is 0. The molecule has 2 N–H and O–H groups in total. The van der Waals surface area contributed by atoms with E-state index in [1.807, 2.05) is 0 Å². The third-order valence-corrected chi connectivity index (χ3v) is 3.03. The molecule has 0 fully saturated rings. The molecule has 0 unspecified atom stereocenters. The van der Waals surface area contributed by atoms with E-state index < -0.39 is 11.9 Å². The minimum Gasteiger partial charge on any atom is -0.478 e. The third kappa shape index (κ3) is 1.63. The molecule has 0 saturated heterocycles. The Kier molecular flexibility index (Phi) is 2.35. The van der Waals surface area contributed by atoms with Gasteiger partial charge in [0.2, 0.25) is 0 Å². The molecular weight excluding hydrogens is 230 g/mol. The number of rotatable bonds is 2. The van der Waals surface area contributed by atoms with E-state index in [1.165, 1.54) is 23.5 Å². The Balaban J connectivity index is 2.80. The van der Waals surface area contributed by atoms with Gasteiger partial charge in [-0.2, -0.15) is 0 Å². The van der Waals surface area contributed by atoms with E-state index in [0.717, 1.165) is 5.01 Å². The van der Waals surface area contributed by atoms with Crippen molar-refractivity contribution in [3.63, 3.8) is 0 Å². The molecule has 0 spiro atoms. The number of carboxylic acids is 2. The van der Waals surface area contributed by atoms with Crippen LogP contribution in [0.1, 0.15) is 25.7 Å². The Morgan fingerprint density at radius 3 is 2.31 bits per heavy atom. The maximum atomic E-state index is 10.9. The van der Waals surface area contributed by atoms with Crippen LogP contribution in [0.25, 0.3) is 10.2 Å². The smallest absolute Gasteiger partial charge is 0.336 e. The first kappa shape index (κ1) is 10.6. The van der Waals surface area contributed by atoms with Gasteiger partial charge in [0.15, 0.2) is 0 Å². The predicted octanol–water partition coefficient (Wildman–Crippen LogP) is 2.00. The summed E-state index contributed by atoms with van der Waals surface area (Å²) in [4.78, 5) is 25.9. The SMILES string of the molecule is Cc1nc2cc(C(=O)O)c(C(=O)O)cc2s1. The van der Waals surface area contributed by atoms with Gasteiger partial charge < -0.3 is 10.2 Å². The van der Waals surface area contributed by atoms with E-state index in [2.05, 4.69) is 4.98 Å². The quantitative estimate of drug-likeness (QED) is 0.834. The average Bonchev–Trinajstić information content (AvgIpc) is 2.54. The molecule has 0 radical (unpaired) electrons. The van der Waals surface area contributed by atoms with E-state index in [0.29, 0.717) is 10.2 Å². The summed E-state index contributed by atoms with van der Waals surface area (Å²) in [6, 6.07) is 2.65. The van der Waals surface area contributed by atoms with Gasteiger partial charge in [-0.25, -0.2) is 14.6 Å². The Hall–Kier alpha value is -1.95. The number of aryl methyl sites for hydroxylation is 1. The lowest BCUT2D eigenvalue weighted by Gasteiger charge is -2.00. The summed E-state index contributed by atoms with van der Waals surface area (Å²) in [6.45, 7) is 1.78. The lowest BCUT2D eigenvalue weighted by molar-refractivity contribution is 0.0652. The van der Waals surface area contributed by atoms with Crippen molar-refractivity contribution >= 4 is 33.5 Å². The summed E-state index contributed by atoms with van der Waals surface area (Å²) < 4.78 is 0.680. The van der Waals surface area contributed by atoms with Crippen LogP contribution in [-0.4, -0.2) is 27.1 Å². The number of hydrogen-bond acceptors (Lipinski definition) is 4. The van der Waals surface area contributed by atoms with Crippen molar-refractivity contribution in [3.05, 3.63) is 28.3 Å². The standard InChI is InChI=1S/C10H7NO4S/c1-4-11-7-2-5(9(12)13)6(10(14)15)3-8(7)16-4/h2-3H,1H3,(H,12,13)(H,14,15). The van der Waals surface area contributed by atoms with Crippen LogP contribution >= 0.6 is 11.3 Å². The fraction of sp³-hybridized carbons (Fsp3) is 0.100. The normalized spacial score (nSPS) is 10.6. The molecule has 0 saturated carbocycles. The van der Waals surface area contributed by atoms with Crippen molar-refractivity contribution in [3.8, 4) is 0 Å².